The zero-order valence-corrected chi connectivity index (χ0v) is 8.72. The summed E-state index contributed by atoms with van der Waals surface area (Å²) in [6.07, 6.45) is 3.74. The van der Waals surface area contributed by atoms with Gasteiger partial charge in [0.1, 0.15) is 0 Å². The number of rotatable bonds is 3. The number of aryl methyl sites for hydroxylation is 3. The van der Waals surface area contributed by atoms with E-state index in [1.807, 2.05) is 0 Å². The molecular weight excluding hydrogens is 156 g/mol. The van der Waals surface area contributed by atoms with Gasteiger partial charge < -0.3 is 0 Å². The van der Waals surface area contributed by atoms with E-state index in [4.69, 9.17) is 6.58 Å². The first-order chi connectivity index (χ1) is 6.15. The average Bonchev–Trinajstić information content (AvgIpc) is 2.10. The highest BCUT2D eigenvalue weighted by Gasteiger charge is 1.99. The summed E-state index contributed by atoms with van der Waals surface area (Å²) in [5.41, 5.74) is 5.56. The van der Waals surface area contributed by atoms with Crippen molar-refractivity contribution in [1.82, 2.24) is 0 Å². The number of benzene rings is 1. The van der Waals surface area contributed by atoms with Crippen molar-refractivity contribution in [2.45, 2.75) is 33.6 Å². The molecule has 1 radical (unpaired) electrons. The molecule has 0 fully saturated rings. The maximum Gasteiger partial charge on any atom is -0.0244 e. The summed E-state index contributed by atoms with van der Waals surface area (Å²) >= 11 is 0. The van der Waals surface area contributed by atoms with Crippen molar-refractivity contribution < 1.29 is 0 Å². The Kier molecular flexibility index (Phi) is 3.30. The van der Waals surface area contributed by atoms with Crippen molar-refractivity contribution in [1.29, 1.82) is 0 Å². The second kappa shape index (κ2) is 4.27. The summed E-state index contributed by atoms with van der Waals surface area (Å²) in [5.74, 6) is 0. The fraction of sp³-hybridized carbons (Fsp3) is 0.385. The van der Waals surface area contributed by atoms with Gasteiger partial charge in [-0.3, -0.25) is 0 Å². The van der Waals surface area contributed by atoms with Gasteiger partial charge in [0.05, 0.1) is 0 Å². The molecule has 1 aromatic rings. The van der Waals surface area contributed by atoms with Gasteiger partial charge in [-0.1, -0.05) is 24.8 Å². The van der Waals surface area contributed by atoms with Gasteiger partial charge in [0, 0.05) is 0 Å². The van der Waals surface area contributed by atoms with Gasteiger partial charge in [0.2, 0.25) is 0 Å². The minimum atomic E-state index is 0.960. The van der Waals surface area contributed by atoms with Crippen molar-refractivity contribution in [2.75, 3.05) is 0 Å². The van der Waals surface area contributed by atoms with Crippen LogP contribution in [0.5, 0.6) is 0 Å². The molecule has 0 aliphatic heterocycles. The minimum absolute atomic E-state index is 0.960. The van der Waals surface area contributed by atoms with Gasteiger partial charge in [-0.15, -0.1) is 0 Å². The van der Waals surface area contributed by atoms with Crippen molar-refractivity contribution >= 4 is 0 Å². The van der Waals surface area contributed by atoms with Crippen LogP contribution in [0.3, 0.4) is 0 Å². The standard InChI is InChI=1S/C13H17/c1-5-6-7-13-8-10(2)12(4)11(3)9-13/h1,5,8-9H,6-7H2,2-4H3. The normalized spacial score (nSPS) is 10.1. The van der Waals surface area contributed by atoms with E-state index in [1.54, 1.807) is 6.08 Å². The summed E-state index contributed by atoms with van der Waals surface area (Å²) in [6, 6.07) is 4.51. The fourth-order valence-corrected chi connectivity index (χ4v) is 1.52. The molecule has 0 nitrogen and oxygen atoms in total. The van der Waals surface area contributed by atoms with Crippen LogP contribution in [0, 0.1) is 27.4 Å². The highest BCUT2D eigenvalue weighted by Crippen LogP contribution is 2.16. The second-order valence-corrected chi connectivity index (χ2v) is 3.63. The molecule has 0 atom stereocenters. The van der Waals surface area contributed by atoms with E-state index in [-0.39, 0.29) is 0 Å². The highest BCUT2D eigenvalue weighted by atomic mass is 14.0. The van der Waals surface area contributed by atoms with Gasteiger partial charge in [0.15, 0.2) is 0 Å². The lowest BCUT2D eigenvalue weighted by Crippen LogP contribution is -1.91. The SMILES string of the molecule is [CH]=CCCc1cc(C)c(C)c(C)c1. The van der Waals surface area contributed by atoms with E-state index >= 15 is 0 Å². The van der Waals surface area contributed by atoms with Crippen LogP contribution >= 0.6 is 0 Å². The molecule has 1 aromatic carbocycles. The van der Waals surface area contributed by atoms with Gasteiger partial charge in [0.25, 0.3) is 0 Å². The Balaban J connectivity index is 2.92. The third-order valence-electron chi connectivity index (χ3n) is 2.59. The molecular formula is C13H17. The first-order valence-electron chi connectivity index (χ1n) is 4.75. The van der Waals surface area contributed by atoms with E-state index in [2.05, 4.69) is 32.9 Å². The average molecular weight is 173 g/mol. The molecule has 0 amide bonds. The van der Waals surface area contributed by atoms with E-state index in [1.165, 1.54) is 22.3 Å². The molecule has 0 aliphatic carbocycles. The number of hydrogen-bond donors (Lipinski definition) is 0. The molecule has 13 heavy (non-hydrogen) atoms. The minimum Gasteiger partial charge on any atom is -0.0842 e. The van der Waals surface area contributed by atoms with Crippen LogP contribution in [-0.2, 0) is 6.42 Å². The van der Waals surface area contributed by atoms with Crippen LogP contribution < -0.4 is 0 Å². The lowest BCUT2D eigenvalue weighted by atomic mass is 9.98. The molecule has 0 N–H and O–H groups in total. The third kappa shape index (κ3) is 2.45. The van der Waals surface area contributed by atoms with Crippen LogP contribution in [0.15, 0.2) is 18.2 Å². The highest BCUT2D eigenvalue weighted by molar-refractivity contribution is 5.36. The molecule has 0 aliphatic rings. The lowest BCUT2D eigenvalue weighted by molar-refractivity contribution is 0.992. The molecule has 0 heteroatoms. The molecule has 0 aromatic heterocycles. The van der Waals surface area contributed by atoms with Crippen LogP contribution in [0.25, 0.3) is 0 Å². The van der Waals surface area contributed by atoms with E-state index in [0.29, 0.717) is 0 Å². The van der Waals surface area contributed by atoms with Crippen LogP contribution in [-0.4, -0.2) is 0 Å². The molecule has 1 rings (SSSR count). The topological polar surface area (TPSA) is 0 Å². The monoisotopic (exact) mass is 173 g/mol. The van der Waals surface area contributed by atoms with Crippen molar-refractivity contribution in [2.24, 2.45) is 0 Å². The number of hydrogen-bond acceptors (Lipinski definition) is 0. The quantitative estimate of drug-likeness (QED) is 0.656. The Hall–Kier alpha value is -1.04. The Morgan fingerprint density at radius 3 is 2.15 bits per heavy atom. The third-order valence-corrected chi connectivity index (χ3v) is 2.59. The number of allylic oxidation sites excluding steroid dienone is 1. The van der Waals surface area contributed by atoms with Crippen molar-refractivity contribution in [3.63, 3.8) is 0 Å². The zero-order chi connectivity index (χ0) is 9.84. The van der Waals surface area contributed by atoms with Crippen molar-refractivity contribution in [3.8, 4) is 0 Å². The maximum absolute atomic E-state index is 5.36. The van der Waals surface area contributed by atoms with Gasteiger partial charge in [-0.05, 0) is 55.9 Å². The first kappa shape index (κ1) is 10.0. The van der Waals surface area contributed by atoms with Crippen LogP contribution in [0.4, 0.5) is 0 Å². The van der Waals surface area contributed by atoms with Crippen LogP contribution in [0.1, 0.15) is 28.7 Å². The van der Waals surface area contributed by atoms with Crippen molar-refractivity contribution in [3.05, 3.63) is 47.0 Å². The summed E-state index contributed by atoms with van der Waals surface area (Å²) in [6.45, 7) is 11.9. The summed E-state index contributed by atoms with van der Waals surface area (Å²) in [4.78, 5) is 0. The summed E-state index contributed by atoms with van der Waals surface area (Å²) < 4.78 is 0. The predicted molar refractivity (Wildman–Crippen MR) is 57.8 cm³/mol. The molecule has 0 saturated carbocycles. The van der Waals surface area contributed by atoms with E-state index in [0.717, 1.165) is 12.8 Å². The zero-order valence-electron chi connectivity index (χ0n) is 8.72. The van der Waals surface area contributed by atoms with Gasteiger partial charge >= 0.3 is 0 Å². The Morgan fingerprint density at radius 1 is 1.15 bits per heavy atom. The van der Waals surface area contributed by atoms with E-state index in [9.17, 15) is 0 Å². The van der Waals surface area contributed by atoms with Gasteiger partial charge in [-0.2, -0.15) is 0 Å². The Bertz CT molecular complexity index is 285. The first-order valence-corrected chi connectivity index (χ1v) is 4.75. The molecule has 0 unspecified atom stereocenters. The molecule has 0 heterocycles. The van der Waals surface area contributed by atoms with Gasteiger partial charge in [-0.25, -0.2) is 0 Å². The smallest absolute Gasteiger partial charge is 0.0244 e. The predicted octanol–water partition coefficient (Wildman–Crippen LogP) is 3.53. The Labute approximate surface area is 81.3 Å². The summed E-state index contributed by atoms with van der Waals surface area (Å²) in [5, 5.41) is 0. The molecule has 0 bridgehead atoms. The van der Waals surface area contributed by atoms with Crippen LogP contribution in [0.2, 0.25) is 0 Å². The summed E-state index contributed by atoms with van der Waals surface area (Å²) in [7, 11) is 0. The molecule has 0 spiro atoms. The maximum atomic E-state index is 5.36. The molecule has 69 valence electrons. The second-order valence-electron chi connectivity index (χ2n) is 3.63. The Morgan fingerprint density at radius 2 is 1.69 bits per heavy atom. The molecule has 0 saturated heterocycles. The largest absolute Gasteiger partial charge is 0.0842 e. The van der Waals surface area contributed by atoms with E-state index < -0.39 is 0 Å². The fourth-order valence-electron chi connectivity index (χ4n) is 1.52. The lowest BCUT2D eigenvalue weighted by Gasteiger charge is -2.07.